The molecule has 4 heteroatoms. The van der Waals surface area contributed by atoms with Crippen LogP contribution < -0.4 is 5.32 Å². The Morgan fingerprint density at radius 1 is 1.37 bits per heavy atom. The number of thioether (sulfide) groups is 1. The molecule has 106 valence electrons. The van der Waals surface area contributed by atoms with Crippen LogP contribution in [0, 0.1) is 5.92 Å². The molecule has 1 heterocycles. The maximum Gasteiger partial charge on any atom is 0.0469 e. The number of benzene rings is 1. The molecular weight excluding hydrogens is 322 g/mol. The van der Waals surface area contributed by atoms with Crippen molar-refractivity contribution in [2.24, 2.45) is 5.92 Å². The molecule has 0 radical (unpaired) electrons. The van der Waals surface area contributed by atoms with Crippen LogP contribution in [0.3, 0.4) is 0 Å². The van der Waals surface area contributed by atoms with E-state index in [4.69, 9.17) is 4.74 Å². The van der Waals surface area contributed by atoms with E-state index in [1.54, 1.807) is 0 Å². The van der Waals surface area contributed by atoms with Crippen molar-refractivity contribution in [1.29, 1.82) is 0 Å². The molecule has 1 aromatic carbocycles. The van der Waals surface area contributed by atoms with Gasteiger partial charge in [-0.3, -0.25) is 0 Å². The molecule has 1 atom stereocenters. The van der Waals surface area contributed by atoms with E-state index in [1.807, 2.05) is 11.8 Å². The molecule has 0 saturated carbocycles. The van der Waals surface area contributed by atoms with Gasteiger partial charge in [0.15, 0.2) is 0 Å². The first-order valence-electron chi connectivity index (χ1n) is 6.99. The zero-order valence-corrected chi connectivity index (χ0v) is 13.8. The Balaban J connectivity index is 1.91. The third-order valence-corrected chi connectivity index (χ3v) is 5.70. The van der Waals surface area contributed by atoms with E-state index >= 15 is 0 Å². The van der Waals surface area contributed by atoms with Gasteiger partial charge in [0.2, 0.25) is 0 Å². The highest BCUT2D eigenvalue weighted by Crippen LogP contribution is 2.30. The maximum atomic E-state index is 5.47. The molecule has 0 spiro atoms. The van der Waals surface area contributed by atoms with Crippen molar-refractivity contribution < 1.29 is 4.74 Å². The zero-order valence-electron chi connectivity index (χ0n) is 11.4. The molecule has 0 aromatic heterocycles. The topological polar surface area (TPSA) is 21.3 Å². The van der Waals surface area contributed by atoms with Gasteiger partial charge in [0.05, 0.1) is 0 Å². The third-order valence-electron chi connectivity index (χ3n) is 3.56. The Bertz CT molecular complexity index is 382. The van der Waals surface area contributed by atoms with Gasteiger partial charge in [-0.2, -0.15) is 0 Å². The number of hydrogen-bond acceptors (Lipinski definition) is 3. The number of ether oxygens (including phenoxy) is 1. The van der Waals surface area contributed by atoms with E-state index in [1.165, 1.54) is 22.2 Å². The van der Waals surface area contributed by atoms with E-state index in [0.717, 1.165) is 31.4 Å². The molecular formula is C15H22BrNOS. The molecule has 19 heavy (non-hydrogen) atoms. The molecule has 1 aliphatic heterocycles. The van der Waals surface area contributed by atoms with Crippen LogP contribution in [0.1, 0.15) is 19.8 Å². The number of hydrogen-bond donors (Lipinski definition) is 1. The van der Waals surface area contributed by atoms with Crippen molar-refractivity contribution in [3.05, 3.63) is 28.7 Å². The first-order chi connectivity index (χ1) is 9.31. The fourth-order valence-corrected chi connectivity index (χ4v) is 4.24. The zero-order chi connectivity index (χ0) is 13.5. The summed E-state index contributed by atoms with van der Waals surface area (Å²) in [4.78, 5) is 1.33. The minimum absolute atomic E-state index is 0.589. The molecule has 2 rings (SSSR count). The minimum atomic E-state index is 0.589. The van der Waals surface area contributed by atoms with Crippen molar-refractivity contribution in [2.45, 2.75) is 30.7 Å². The molecule has 1 aliphatic rings. The van der Waals surface area contributed by atoms with E-state index in [-0.39, 0.29) is 0 Å². The van der Waals surface area contributed by atoms with Crippen molar-refractivity contribution in [2.75, 3.05) is 25.5 Å². The Morgan fingerprint density at radius 3 is 2.79 bits per heavy atom. The molecule has 1 fully saturated rings. The van der Waals surface area contributed by atoms with Crippen molar-refractivity contribution in [3.8, 4) is 0 Å². The lowest BCUT2D eigenvalue weighted by Crippen LogP contribution is -2.40. The molecule has 0 aliphatic carbocycles. The highest BCUT2D eigenvalue weighted by molar-refractivity contribution is 9.10. The lowest BCUT2D eigenvalue weighted by Gasteiger charge is -2.30. The normalized spacial score (nSPS) is 18.4. The monoisotopic (exact) mass is 343 g/mol. The van der Waals surface area contributed by atoms with E-state index < -0.39 is 0 Å². The summed E-state index contributed by atoms with van der Waals surface area (Å²) in [5, 5.41) is 3.65. The van der Waals surface area contributed by atoms with Crippen LogP contribution in [-0.4, -0.2) is 31.6 Å². The summed E-state index contributed by atoms with van der Waals surface area (Å²) in [5.74, 6) is 1.88. The second-order valence-corrected chi connectivity index (χ2v) is 6.77. The Morgan fingerprint density at radius 2 is 2.11 bits per heavy atom. The van der Waals surface area contributed by atoms with E-state index in [2.05, 4.69) is 52.4 Å². The van der Waals surface area contributed by atoms with Crippen LogP contribution in [0.15, 0.2) is 33.6 Å². The van der Waals surface area contributed by atoms with E-state index in [0.29, 0.717) is 6.04 Å². The van der Waals surface area contributed by atoms with Gasteiger partial charge < -0.3 is 10.1 Å². The lowest BCUT2D eigenvalue weighted by atomic mass is 9.93. The predicted octanol–water partition coefficient (Wildman–Crippen LogP) is 3.95. The molecule has 2 nitrogen and oxygen atoms in total. The van der Waals surface area contributed by atoms with Crippen LogP contribution >= 0.6 is 27.7 Å². The standard InChI is InChI=1S/C15H22BrNOS/c1-2-17-14(12-7-9-18-10-8-12)11-19-15-6-4-3-5-13(15)16/h3-6,12,14,17H,2,7-11H2,1H3. The summed E-state index contributed by atoms with van der Waals surface area (Å²) in [6.45, 7) is 5.08. The summed E-state index contributed by atoms with van der Waals surface area (Å²) < 4.78 is 6.66. The fourth-order valence-electron chi connectivity index (χ4n) is 2.48. The van der Waals surface area contributed by atoms with Crippen LogP contribution in [0.5, 0.6) is 0 Å². The minimum Gasteiger partial charge on any atom is -0.381 e. The summed E-state index contributed by atoms with van der Waals surface area (Å²) in [7, 11) is 0. The summed E-state index contributed by atoms with van der Waals surface area (Å²) in [6, 6.07) is 9.05. The van der Waals surface area contributed by atoms with Crippen molar-refractivity contribution >= 4 is 27.7 Å². The lowest BCUT2D eigenvalue weighted by molar-refractivity contribution is 0.0568. The van der Waals surface area contributed by atoms with Gasteiger partial charge in [0.25, 0.3) is 0 Å². The molecule has 0 bridgehead atoms. The average molecular weight is 344 g/mol. The SMILES string of the molecule is CCNC(CSc1ccccc1Br)C1CCOCC1. The summed E-state index contributed by atoms with van der Waals surface area (Å²) in [5.41, 5.74) is 0. The van der Waals surface area contributed by atoms with Gasteiger partial charge in [0.1, 0.15) is 0 Å². The Labute approximate surface area is 128 Å². The molecule has 1 unspecified atom stereocenters. The first kappa shape index (κ1) is 15.4. The predicted molar refractivity (Wildman–Crippen MR) is 85.9 cm³/mol. The average Bonchev–Trinajstić information content (AvgIpc) is 2.46. The second kappa shape index (κ2) is 8.30. The smallest absolute Gasteiger partial charge is 0.0469 e. The quantitative estimate of drug-likeness (QED) is 0.790. The van der Waals surface area contributed by atoms with Gasteiger partial charge in [0, 0.05) is 34.4 Å². The highest BCUT2D eigenvalue weighted by Gasteiger charge is 2.23. The van der Waals surface area contributed by atoms with Crippen LogP contribution in [0.25, 0.3) is 0 Å². The van der Waals surface area contributed by atoms with Gasteiger partial charge in [-0.05, 0) is 53.4 Å². The van der Waals surface area contributed by atoms with Crippen molar-refractivity contribution in [3.63, 3.8) is 0 Å². The van der Waals surface area contributed by atoms with Gasteiger partial charge in [-0.25, -0.2) is 0 Å². The van der Waals surface area contributed by atoms with Crippen LogP contribution in [0.4, 0.5) is 0 Å². The second-order valence-electron chi connectivity index (χ2n) is 4.86. The first-order valence-corrected chi connectivity index (χ1v) is 8.77. The highest BCUT2D eigenvalue weighted by atomic mass is 79.9. The molecule has 0 amide bonds. The molecule has 1 saturated heterocycles. The van der Waals surface area contributed by atoms with Crippen LogP contribution in [-0.2, 0) is 4.74 Å². The van der Waals surface area contributed by atoms with E-state index in [9.17, 15) is 0 Å². The fraction of sp³-hybridized carbons (Fsp3) is 0.600. The number of halogens is 1. The summed E-state index contributed by atoms with van der Waals surface area (Å²) in [6.07, 6.45) is 2.38. The third kappa shape index (κ3) is 4.78. The Kier molecular flexibility index (Phi) is 6.71. The molecule has 1 N–H and O–H groups in total. The van der Waals surface area contributed by atoms with Gasteiger partial charge >= 0.3 is 0 Å². The van der Waals surface area contributed by atoms with Gasteiger partial charge in [-0.15, -0.1) is 11.8 Å². The van der Waals surface area contributed by atoms with Crippen LogP contribution in [0.2, 0.25) is 0 Å². The summed E-state index contributed by atoms with van der Waals surface area (Å²) >= 11 is 5.56. The largest absolute Gasteiger partial charge is 0.381 e. The van der Waals surface area contributed by atoms with Crippen molar-refractivity contribution in [1.82, 2.24) is 5.32 Å². The molecule has 1 aromatic rings. The maximum absolute atomic E-state index is 5.47. The Hall–Kier alpha value is -0.0300. The van der Waals surface area contributed by atoms with Gasteiger partial charge in [-0.1, -0.05) is 19.1 Å². The number of rotatable bonds is 6. The number of nitrogens with one attached hydrogen (secondary N) is 1.